The summed E-state index contributed by atoms with van der Waals surface area (Å²) in [4.78, 5) is 47.5. The summed E-state index contributed by atoms with van der Waals surface area (Å²) in [5.41, 5.74) is 9.03. The lowest BCUT2D eigenvalue weighted by atomic mass is 10.0. The Hall–Kier alpha value is -4.82. The molecule has 3 rings (SSSR count). The number of amides is 2. The predicted octanol–water partition coefficient (Wildman–Crippen LogP) is 1.33. The van der Waals surface area contributed by atoms with Gasteiger partial charge < -0.3 is 31.7 Å². The Balaban J connectivity index is 1.55. The lowest BCUT2D eigenvalue weighted by Gasteiger charge is -2.19. The van der Waals surface area contributed by atoms with Crippen molar-refractivity contribution in [2.45, 2.75) is 31.5 Å². The minimum Gasteiger partial charge on any atom is -0.478 e. The molecule has 10 nitrogen and oxygen atoms in total. The van der Waals surface area contributed by atoms with Gasteiger partial charge in [0.15, 0.2) is 5.78 Å². The van der Waals surface area contributed by atoms with Crippen molar-refractivity contribution in [1.29, 1.82) is 0 Å². The summed E-state index contributed by atoms with van der Waals surface area (Å²) in [7, 11) is 0. The number of carbonyl (C=O) groups is 4. The number of hydrogen-bond acceptors (Lipinski definition) is 7. The maximum absolute atomic E-state index is 12.5. The highest BCUT2D eigenvalue weighted by Gasteiger charge is 2.25. The van der Waals surface area contributed by atoms with Crippen molar-refractivity contribution in [3.63, 3.8) is 0 Å². The minimum atomic E-state index is -1.21. The molecule has 40 heavy (non-hydrogen) atoms. The lowest BCUT2D eigenvalue weighted by Crippen LogP contribution is -2.48. The number of Topliss-reactive ketones (excluding diaryl/α,β-unsaturated/α-hetero) is 1. The Kier molecular flexibility index (Phi) is 10.3. The van der Waals surface area contributed by atoms with Crippen LogP contribution in [0, 0.1) is 11.8 Å². The number of hydrogen-bond donors (Lipinski definition) is 6. The Morgan fingerprint density at radius 3 is 1.88 bits per heavy atom. The van der Waals surface area contributed by atoms with Crippen LogP contribution in [-0.2, 0) is 16.0 Å². The highest BCUT2D eigenvalue weighted by atomic mass is 16.4. The van der Waals surface area contributed by atoms with Gasteiger partial charge in [0.1, 0.15) is 12.6 Å². The molecule has 0 unspecified atom stereocenters. The fraction of sp³-hybridized carbons (Fsp3) is 0.200. The summed E-state index contributed by atoms with van der Waals surface area (Å²) in [5.74, 6) is 3.30. The first-order valence-electron chi connectivity index (χ1n) is 12.3. The Morgan fingerprint density at radius 1 is 0.850 bits per heavy atom. The van der Waals surface area contributed by atoms with Gasteiger partial charge in [-0.05, 0) is 79.6 Å². The van der Waals surface area contributed by atoms with E-state index in [9.17, 15) is 24.3 Å². The van der Waals surface area contributed by atoms with Crippen LogP contribution in [0.5, 0.6) is 0 Å². The highest BCUT2D eigenvalue weighted by molar-refractivity contribution is 5.98. The van der Waals surface area contributed by atoms with E-state index in [4.69, 9.17) is 15.9 Å². The molecule has 0 bridgehead atoms. The molecule has 0 aliphatic rings. The molecule has 3 aromatic rings. The second kappa shape index (κ2) is 13.8. The predicted molar refractivity (Wildman–Crippen MR) is 148 cm³/mol. The molecule has 2 amide bonds. The van der Waals surface area contributed by atoms with Gasteiger partial charge in [-0.15, -0.1) is 0 Å². The van der Waals surface area contributed by atoms with Gasteiger partial charge in [-0.1, -0.05) is 24.0 Å². The third-order valence-corrected chi connectivity index (χ3v) is 5.92. The second-order valence-corrected chi connectivity index (χ2v) is 9.02. The Labute approximate surface area is 230 Å². The molecule has 0 heterocycles. The smallest absolute Gasteiger partial charge is 0.335 e. The van der Waals surface area contributed by atoms with E-state index >= 15 is 0 Å². The zero-order chi connectivity index (χ0) is 29.2. The molecule has 0 fully saturated rings. The van der Waals surface area contributed by atoms with Crippen LogP contribution in [0.3, 0.4) is 0 Å². The minimum absolute atomic E-state index is 0.157. The Bertz CT molecular complexity index is 1420. The third kappa shape index (κ3) is 8.34. The van der Waals surface area contributed by atoms with Crippen molar-refractivity contribution < 1.29 is 34.5 Å². The van der Waals surface area contributed by atoms with Gasteiger partial charge in [-0.25, -0.2) is 4.79 Å². The number of anilines is 1. The van der Waals surface area contributed by atoms with Crippen molar-refractivity contribution in [1.82, 2.24) is 5.32 Å². The fourth-order valence-electron chi connectivity index (χ4n) is 3.64. The summed E-state index contributed by atoms with van der Waals surface area (Å²) in [5, 5.41) is 32.8. The van der Waals surface area contributed by atoms with Crippen molar-refractivity contribution >= 4 is 29.3 Å². The molecule has 3 aromatic carbocycles. The summed E-state index contributed by atoms with van der Waals surface area (Å²) >= 11 is 0. The van der Waals surface area contributed by atoms with E-state index in [1.165, 1.54) is 31.2 Å². The first-order valence-corrected chi connectivity index (χ1v) is 12.3. The summed E-state index contributed by atoms with van der Waals surface area (Å²) in [6, 6.07) is 17.3. The lowest BCUT2D eigenvalue weighted by molar-refractivity contribution is -0.126. The van der Waals surface area contributed by atoms with Crippen LogP contribution >= 0.6 is 0 Å². The maximum atomic E-state index is 12.5. The van der Waals surface area contributed by atoms with Gasteiger partial charge in [-0.3, -0.25) is 14.4 Å². The van der Waals surface area contributed by atoms with Crippen LogP contribution in [0.15, 0.2) is 72.8 Å². The highest BCUT2D eigenvalue weighted by Crippen LogP contribution is 2.12. The Morgan fingerprint density at radius 2 is 1.38 bits per heavy atom. The quantitative estimate of drug-likeness (QED) is 0.207. The van der Waals surface area contributed by atoms with Gasteiger partial charge in [0.2, 0.25) is 5.91 Å². The van der Waals surface area contributed by atoms with Crippen molar-refractivity contribution in [2.75, 3.05) is 11.9 Å². The molecule has 0 spiro atoms. The molecule has 206 valence electrons. The number of rotatable bonds is 10. The van der Waals surface area contributed by atoms with E-state index in [2.05, 4.69) is 22.5 Å². The molecule has 0 radical (unpaired) electrons. The van der Waals surface area contributed by atoms with E-state index in [0.717, 1.165) is 5.56 Å². The molecule has 0 aliphatic carbocycles. The first-order chi connectivity index (χ1) is 19.1. The van der Waals surface area contributed by atoms with E-state index < -0.39 is 42.5 Å². The molecular weight excluding hydrogens is 514 g/mol. The molecule has 3 atom stereocenters. The molecule has 0 saturated carbocycles. The monoisotopic (exact) mass is 543 g/mol. The zero-order valence-electron chi connectivity index (χ0n) is 21.6. The SMILES string of the molecule is C[C@@H](O)[C@H](NC(=O)c1ccc(C#Cc2ccc(NC(=O)[C@@H](N)Cc3ccc(C(=O)O)cc3)cc2)cc1)C(=O)CO. The van der Waals surface area contributed by atoms with E-state index in [0.29, 0.717) is 16.8 Å². The van der Waals surface area contributed by atoms with Gasteiger partial charge in [0.25, 0.3) is 5.91 Å². The molecule has 0 saturated heterocycles. The van der Waals surface area contributed by atoms with Crippen LogP contribution in [-0.4, -0.2) is 63.7 Å². The van der Waals surface area contributed by atoms with E-state index in [-0.39, 0.29) is 23.5 Å². The molecule has 0 aliphatic heterocycles. The first kappa shape index (κ1) is 29.7. The van der Waals surface area contributed by atoms with Crippen LogP contribution in [0.1, 0.15) is 44.3 Å². The van der Waals surface area contributed by atoms with Gasteiger partial charge in [-0.2, -0.15) is 0 Å². The number of aliphatic hydroxyl groups is 2. The zero-order valence-corrected chi connectivity index (χ0v) is 21.6. The van der Waals surface area contributed by atoms with Crippen molar-refractivity contribution in [3.05, 3.63) is 101 Å². The summed E-state index contributed by atoms with van der Waals surface area (Å²) < 4.78 is 0. The number of aliphatic hydroxyl groups excluding tert-OH is 2. The van der Waals surface area contributed by atoms with Crippen LogP contribution in [0.2, 0.25) is 0 Å². The average molecular weight is 544 g/mol. The number of ketones is 1. The topological polar surface area (TPSA) is 179 Å². The number of nitrogens with two attached hydrogens (primary N) is 1. The number of nitrogens with one attached hydrogen (secondary N) is 2. The van der Waals surface area contributed by atoms with Crippen LogP contribution in [0.25, 0.3) is 0 Å². The number of carbonyl (C=O) groups excluding carboxylic acids is 3. The normalized spacial score (nSPS) is 12.7. The van der Waals surface area contributed by atoms with Crippen LogP contribution in [0.4, 0.5) is 5.69 Å². The van der Waals surface area contributed by atoms with Gasteiger partial charge in [0.05, 0.1) is 17.7 Å². The van der Waals surface area contributed by atoms with Crippen molar-refractivity contribution in [3.8, 4) is 11.8 Å². The van der Waals surface area contributed by atoms with Gasteiger partial charge >= 0.3 is 5.97 Å². The number of carboxylic acids is 1. The summed E-state index contributed by atoms with van der Waals surface area (Å²) in [6.45, 7) is 0.553. The third-order valence-electron chi connectivity index (χ3n) is 5.92. The van der Waals surface area contributed by atoms with Crippen molar-refractivity contribution in [2.24, 2.45) is 5.73 Å². The summed E-state index contributed by atoms with van der Waals surface area (Å²) in [6.07, 6.45) is -0.910. The maximum Gasteiger partial charge on any atom is 0.335 e. The molecule has 10 heteroatoms. The second-order valence-electron chi connectivity index (χ2n) is 9.02. The largest absolute Gasteiger partial charge is 0.478 e. The van der Waals surface area contributed by atoms with Gasteiger partial charge in [0, 0.05) is 22.4 Å². The standard InChI is InChI=1S/C30H29N3O7/c1-18(35)27(26(36)17-34)33-28(37)22-10-4-19(5-11-22)2-3-20-8-14-24(15-9-20)32-29(38)25(31)16-21-6-12-23(13-7-21)30(39)40/h4-15,18,25,27,34-35H,16-17,31H2,1H3,(H,32,38)(H,33,37)(H,39,40)/t18-,25+,27+/m1/s1. The molecule has 0 aromatic heterocycles. The van der Waals surface area contributed by atoms with E-state index in [1.807, 2.05) is 0 Å². The number of benzene rings is 3. The van der Waals surface area contributed by atoms with E-state index in [1.54, 1.807) is 48.5 Å². The molecule has 7 N–H and O–H groups in total. The molecular formula is C30H29N3O7. The average Bonchev–Trinajstić information content (AvgIpc) is 2.95. The fourth-order valence-corrected chi connectivity index (χ4v) is 3.64. The van der Waals surface area contributed by atoms with Crippen LogP contribution < -0.4 is 16.4 Å². The number of carboxylic acid groups (broad SMARTS) is 1. The number of aromatic carboxylic acids is 1.